The molecule has 150 valence electrons. The topological polar surface area (TPSA) is 82.2 Å². The first-order chi connectivity index (χ1) is 14.2. The van der Waals surface area contributed by atoms with Crippen LogP contribution in [-0.2, 0) is 9.53 Å². The first kappa shape index (κ1) is 19.2. The first-order valence-corrected chi connectivity index (χ1v) is 9.57. The Kier molecular flexibility index (Phi) is 5.59. The van der Waals surface area contributed by atoms with E-state index in [0.29, 0.717) is 41.1 Å². The largest absolute Gasteiger partial charge is 0.497 e. The molecular weight excluding hydrogens is 372 g/mol. The molecule has 1 fully saturated rings. The maximum Gasteiger partial charge on any atom is 0.281 e. The summed E-state index contributed by atoms with van der Waals surface area (Å²) in [5.41, 5.74) is 1.16. The third kappa shape index (κ3) is 4.16. The number of methoxy groups -OCH3 is 1. The van der Waals surface area contributed by atoms with Gasteiger partial charge in [-0.15, -0.1) is 0 Å². The molecule has 7 nitrogen and oxygen atoms in total. The maximum atomic E-state index is 13.2. The number of hydrogen-bond acceptors (Lipinski definition) is 5. The highest BCUT2D eigenvalue weighted by molar-refractivity contribution is 5.96. The van der Waals surface area contributed by atoms with Gasteiger partial charge in [0.1, 0.15) is 24.4 Å². The molecule has 4 rings (SSSR count). The number of para-hydroxylation sites is 1. The number of benzene rings is 2. The van der Waals surface area contributed by atoms with E-state index in [1.54, 1.807) is 55.6 Å². The smallest absolute Gasteiger partial charge is 0.281 e. The summed E-state index contributed by atoms with van der Waals surface area (Å²) in [7, 11) is 1.57. The van der Waals surface area contributed by atoms with Crippen LogP contribution >= 0.6 is 0 Å². The molecule has 1 aliphatic heterocycles. The van der Waals surface area contributed by atoms with Gasteiger partial charge in [-0.05, 0) is 29.8 Å². The van der Waals surface area contributed by atoms with Crippen molar-refractivity contribution in [3.63, 3.8) is 0 Å². The predicted octanol–water partition coefficient (Wildman–Crippen LogP) is 1.32. The number of fused-ring (bicyclic) bond motifs is 1. The Bertz CT molecular complexity index is 1090. The van der Waals surface area contributed by atoms with Crippen LogP contribution in [0.25, 0.3) is 22.1 Å². The van der Waals surface area contributed by atoms with Crippen molar-refractivity contribution in [3.8, 4) is 16.9 Å². The number of rotatable bonds is 5. The molecule has 0 spiro atoms. The summed E-state index contributed by atoms with van der Waals surface area (Å²) >= 11 is 0. The summed E-state index contributed by atoms with van der Waals surface area (Å²) in [5, 5.41) is 3.28. The molecule has 0 saturated carbocycles. The summed E-state index contributed by atoms with van der Waals surface area (Å²) in [6.07, 6.45) is 0. The van der Waals surface area contributed by atoms with Crippen LogP contribution in [0.5, 0.6) is 5.75 Å². The molecule has 2 heterocycles. The zero-order valence-electron chi connectivity index (χ0n) is 16.2. The van der Waals surface area contributed by atoms with E-state index in [-0.39, 0.29) is 23.8 Å². The van der Waals surface area contributed by atoms with Crippen molar-refractivity contribution in [1.29, 1.82) is 0 Å². The van der Waals surface area contributed by atoms with Crippen LogP contribution in [0.4, 0.5) is 5.88 Å². The number of amides is 1. The fourth-order valence-electron chi connectivity index (χ4n) is 3.51. The molecule has 2 aromatic carbocycles. The molecule has 2 N–H and O–H groups in total. The van der Waals surface area contributed by atoms with Gasteiger partial charge in [-0.1, -0.05) is 24.3 Å². The van der Waals surface area contributed by atoms with Crippen molar-refractivity contribution in [2.45, 2.75) is 0 Å². The third-order valence-corrected chi connectivity index (χ3v) is 5.02. The van der Waals surface area contributed by atoms with Crippen molar-refractivity contribution >= 4 is 22.8 Å². The molecule has 1 amide bonds. The highest BCUT2D eigenvalue weighted by Gasteiger charge is 2.22. The lowest BCUT2D eigenvalue weighted by Crippen LogP contribution is -3.15. The number of nitrogens with one attached hydrogen (secondary N) is 2. The molecule has 0 atom stereocenters. The van der Waals surface area contributed by atoms with Gasteiger partial charge < -0.3 is 18.8 Å². The molecule has 1 aliphatic rings. The van der Waals surface area contributed by atoms with E-state index in [4.69, 9.17) is 13.9 Å². The van der Waals surface area contributed by atoms with Crippen molar-refractivity contribution in [2.75, 3.05) is 45.3 Å². The van der Waals surface area contributed by atoms with E-state index in [0.717, 1.165) is 18.0 Å². The highest BCUT2D eigenvalue weighted by Crippen LogP contribution is 2.30. The molecular formula is C22H23N2O5+. The van der Waals surface area contributed by atoms with Gasteiger partial charge >= 0.3 is 0 Å². The van der Waals surface area contributed by atoms with E-state index < -0.39 is 0 Å². The Morgan fingerprint density at radius 2 is 1.93 bits per heavy atom. The van der Waals surface area contributed by atoms with Crippen LogP contribution in [0.15, 0.2) is 57.7 Å². The zero-order chi connectivity index (χ0) is 20.2. The Labute approximate surface area is 167 Å². The minimum atomic E-state index is -0.204. The summed E-state index contributed by atoms with van der Waals surface area (Å²) in [5.74, 6) is 0.564. The van der Waals surface area contributed by atoms with Gasteiger partial charge in [-0.25, -0.2) is 0 Å². The second-order valence-electron chi connectivity index (χ2n) is 6.95. The van der Waals surface area contributed by atoms with Crippen LogP contribution in [0.3, 0.4) is 0 Å². The SMILES string of the molecule is COc1cccc(-c2c(NC(=O)C[NH+]3CCOCC3)oc3ccccc3c2=O)c1. The number of quaternary nitrogens is 1. The zero-order valence-corrected chi connectivity index (χ0v) is 16.2. The molecule has 7 heteroatoms. The van der Waals surface area contributed by atoms with Gasteiger partial charge in [0.2, 0.25) is 11.3 Å². The molecule has 1 saturated heterocycles. The summed E-state index contributed by atoms with van der Waals surface area (Å²) in [4.78, 5) is 27.1. The van der Waals surface area contributed by atoms with E-state index in [1.165, 1.54) is 0 Å². The first-order valence-electron chi connectivity index (χ1n) is 9.57. The Hall–Kier alpha value is -3.16. The second kappa shape index (κ2) is 8.46. The van der Waals surface area contributed by atoms with Crippen molar-refractivity contribution in [3.05, 3.63) is 58.8 Å². The number of ether oxygens (including phenoxy) is 2. The van der Waals surface area contributed by atoms with Crippen molar-refractivity contribution in [2.24, 2.45) is 0 Å². The average molecular weight is 395 g/mol. The van der Waals surface area contributed by atoms with Crippen LogP contribution in [0.2, 0.25) is 0 Å². The van der Waals surface area contributed by atoms with Crippen molar-refractivity contribution in [1.82, 2.24) is 0 Å². The van der Waals surface area contributed by atoms with E-state index in [1.807, 2.05) is 0 Å². The van der Waals surface area contributed by atoms with Crippen LogP contribution in [0.1, 0.15) is 0 Å². The fraction of sp³-hybridized carbons (Fsp3) is 0.273. The third-order valence-electron chi connectivity index (χ3n) is 5.02. The number of hydrogen-bond donors (Lipinski definition) is 2. The summed E-state index contributed by atoms with van der Waals surface area (Å²) in [6, 6.07) is 14.2. The molecule has 29 heavy (non-hydrogen) atoms. The van der Waals surface area contributed by atoms with Crippen LogP contribution < -0.4 is 20.4 Å². The van der Waals surface area contributed by atoms with E-state index in [9.17, 15) is 9.59 Å². The quantitative estimate of drug-likeness (QED) is 0.681. The van der Waals surface area contributed by atoms with Gasteiger partial charge in [-0.2, -0.15) is 0 Å². The van der Waals surface area contributed by atoms with Gasteiger partial charge in [0.05, 0.1) is 31.3 Å². The number of carbonyl (C=O) groups excluding carboxylic acids is 1. The maximum absolute atomic E-state index is 13.2. The lowest BCUT2D eigenvalue weighted by atomic mass is 10.0. The molecule has 1 aromatic heterocycles. The Morgan fingerprint density at radius 3 is 2.72 bits per heavy atom. The van der Waals surface area contributed by atoms with E-state index in [2.05, 4.69) is 5.32 Å². The average Bonchev–Trinajstić information content (AvgIpc) is 2.74. The molecule has 0 unspecified atom stereocenters. The Morgan fingerprint density at radius 1 is 1.14 bits per heavy atom. The molecule has 3 aromatic rings. The van der Waals surface area contributed by atoms with Gasteiger partial charge in [0.25, 0.3) is 5.91 Å². The highest BCUT2D eigenvalue weighted by atomic mass is 16.5. The summed E-state index contributed by atoms with van der Waals surface area (Å²) < 4.78 is 16.6. The van der Waals surface area contributed by atoms with Gasteiger partial charge in [0.15, 0.2) is 6.54 Å². The molecule has 0 bridgehead atoms. The minimum absolute atomic E-state index is 0.152. The number of morpholine rings is 1. The van der Waals surface area contributed by atoms with Crippen LogP contribution in [0, 0.1) is 0 Å². The lowest BCUT2D eigenvalue weighted by Gasteiger charge is -2.23. The lowest BCUT2D eigenvalue weighted by molar-refractivity contribution is -0.899. The Balaban J connectivity index is 1.74. The minimum Gasteiger partial charge on any atom is -0.497 e. The number of anilines is 1. The van der Waals surface area contributed by atoms with Gasteiger partial charge in [-0.3, -0.25) is 14.9 Å². The summed E-state index contributed by atoms with van der Waals surface area (Å²) in [6.45, 7) is 3.12. The monoisotopic (exact) mass is 395 g/mol. The molecule has 0 aliphatic carbocycles. The normalized spacial score (nSPS) is 14.7. The van der Waals surface area contributed by atoms with E-state index >= 15 is 0 Å². The van der Waals surface area contributed by atoms with Crippen LogP contribution in [-0.4, -0.2) is 45.9 Å². The van der Waals surface area contributed by atoms with Crippen molar-refractivity contribution < 1.29 is 23.6 Å². The predicted molar refractivity (Wildman–Crippen MR) is 109 cm³/mol. The number of carbonyl (C=O) groups is 1. The standard InChI is InChI=1S/C22H22N2O5/c1-27-16-6-4-5-15(13-16)20-21(26)17-7-2-3-8-18(17)29-22(20)23-19(25)14-24-9-11-28-12-10-24/h2-8,13H,9-12,14H2,1H3,(H,23,25)/p+1. The second-order valence-corrected chi connectivity index (χ2v) is 6.95. The molecule has 0 radical (unpaired) electrons. The fourth-order valence-corrected chi connectivity index (χ4v) is 3.51. The van der Waals surface area contributed by atoms with Gasteiger partial charge in [0, 0.05) is 0 Å².